The molecule has 0 heterocycles. The zero-order valence-electron chi connectivity index (χ0n) is 12.3. The molecule has 116 valence electrons. The first-order valence-corrected chi connectivity index (χ1v) is 6.91. The molecule has 0 aliphatic heterocycles. The van der Waals surface area contributed by atoms with Gasteiger partial charge in [-0.15, -0.1) is 0 Å². The molecule has 1 N–H and O–H groups in total. The zero-order valence-corrected chi connectivity index (χ0v) is 13.0. The number of para-hydroxylation sites is 1. The van der Waals surface area contributed by atoms with Gasteiger partial charge in [-0.25, -0.2) is 0 Å². The van der Waals surface area contributed by atoms with Crippen LogP contribution in [0.2, 0.25) is 5.02 Å². The van der Waals surface area contributed by atoms with Crippen molar-refractivity contribution in [2.24, 2.45) is 0 Å². The molecular formula is C16H16ClNO4. The summed E-state index contributed by atoms with van der Waals surface area (Å²) in [4.78, 5) is 12.0. The van der Waals surface area contributed by atoms with Gasteiger partial charge in [0.2, 0.25) is 0 Å². The van der Waals surface area contributed by atoms with Crippen LogP contribution in [0.1, 0.15) is 0 Å². The van der Waals surface area contributed by atoms with Gasteiger partial charge in [-0.2, -0.15) is 0 Å². The van der Waals surface area contributed by atoms with E-state index in [0.29, 0.717) is 28.0 Å². The van der Waals surface area contributed by atoms with Crippen molar-refractivity contribution in [1.29, 1.82) is 0 Å². The van der Waals surface area contributed by atoms with Crippen LogP contribution in [0.5, 0.6) is 17.2 Å². The molecule has 2 rings (SSSR count). The summed E-state index contributed by atoms with van der Waals surface area (Å²) in [5.74, 6) is 1.23. The molecule has 0 spiro atoms. The van der Waals surface area contributed by atoms with E-state index in [1.54, 1.807) is 24.3 Å². The van der Waals surface area contributed by atoms with Crippen LogP contribution < -0.4 is 19.5 Å². The van der Waals surface area contributed by atoms with Crippen molar-refractivity contribution in [3.63, 3.8) is 0 Å². The molecule has 0 aliphatic rings. The molecule has 0 aliphatic carbocycles. The summed E-state index contributed by atoms with van der Waals surface area (Å²) in [6.07, 6.45) is 0. The van der Waals surface area contributed by atoms with Crippen molar-refractivity contribution in [3.05, 3.63) is 47.5 Å². The fraction of sp³-hybridized carbons (Fsp3) is 0.188. The summed E-state index contributed by atoms with van der Waals surface area (Å²) in [5, 5.41) is 3.07. The van der Waals surface area contributed by atoms with Crippen LogP contribution in [0.4, 0.5) is 5.69 Å². The second-order valence-corrected chi connectivity index (χ2v) is 4.74. The van der Waals surface area contributed by atoms with Crippen molar-refractivity contribution in [3.8, 4) is 17.2 Å². The molecule has 0 saturated heterocycles. The second-order valence-electron chi connectivity index (χ2n) is 4.34. The molecule has 0 aromatic heterocycles. The molecule has 0 unspecified atom stereocenters. The van der Waals surface area contributed by atoms with E-state index in [1.807, 2.05) is 18.2 Å². The fourth-order valence-electron chi connectivity index (χ4n) is 1.81. The van der Waals surface area contributed by atoms with Crippen LogP contribution in [-0.2, 0) is 4.79 Å². The molecule has 0 atom stereocenters. The fourth-order valence-corrected chi connectivity index (χ4v) is 2.05. The van der Waals surface area contributed by atoms with Gasteiger partial charge in [0.25, 0.3) is 5.91 Å². The lowest BCUT2D eigenvalue weighted by atomic mass is 10.2. The lowest BCUT2D eigenvalue weighted by Crippen LogP contribution is -2.20. The van der Waals surface area contributed by atoms with Crippen LogP contribution in [0.3, 0.4) is 0 Å². The minimum Gasteiger partial charge on any atom is -0.495 e. The molecule has 0 saturated carbocycles. The molecule has 5 nitrogen and oxygen atoms in total. The molecule has 0 fully saturated rings. The van der Waals surface area contributed by atoms with Gasteiger partial charge in [0.15, 0.2) is 6.61 Å². The third kappa shape index (κ3) is 4.05. The minimum atomic E-state index is -0.316. The molecule has 0 radical (unpaired) electrons. The van der Waals surface area contributed by atoms with Crippen molar-refractivity contribution >= 4 is 23.2 Å². The standard InChI is InChI=1S/C16H16ClNO4/c1-20-14-9-15(21-2)13(8-12(14)17)18-16(19)10-22-11-6-4-3-5-7-11/h3-9H,10H2,1-2H3,(H,18,19). The van der Waals surface area contributed by atoms with E-state index in [0.717, 1.165) is 0 Å². The SMILES string of the molecule is COc1cc(OC)c(NC(=O)COc2ccccc2)cc1Cl. The number of ether oxygens (including phenoxy) is 3. The quantitative estimate of drug-likeness (QED) is 0.886. The van der Waals surface area contributed by atoms with Crippen molar-refractivity contribution in [2.45, 2.75) is 0 Å². The Hall–Kier alpha value is -2.40. The van der Waals surface area contributed by atoms with Crippen LogP contribution in [-0.4, -0.2) is 26.7 Å². The van der Waals surface area contributed by atoms with Crippen molar-refractivity contribution in [2.75, 3.05) is 26.1 Å². The van der Waals surface area contributed by atoms with Gasteiger partial charge in [0, 0.05) is 6.07 Å². The maximum Gasteiger partial charge on any atom is 0.262 e. The largest absolute Gasteiger partial charge is 0.495 e. The Morgan fingerprint density at radius 2 is 1.77 bits per heavy atom. The van der Waals surface area contributed by atoms with E-state index in [2.05, 4.69) is 5.32 Å². The maximum atomic E-state index is 12.0. The number of rotatable bonds is 6. The smallest absolute Gasteiger partial charge is 0.262 e. The Morgan fingerprint density at radius 3 is 2.41 bits per heavy atom. The number of nitrogens with one attached hydrogen (secondary N) is 1. The minimum absolute atomic E-state index is 0.114. The first-order chi connectivity index (χ1) is 10.6. The summed E-state index contributed by atoms with van der Waals surface area (Å²) < 4.78 is 15.7. The number of hydrogen-bond acceptors (Lipinski definition) is 4. The van der Waals surface area contributed by atoms with E-state index in [9.17, 15) is 4.79 Å². The van der Waals surface area contributed by atoms with Gasteiger partial charge in [-0.05, 0) is 18.2 Å². The first kappa shape index (κ1) is 16.0. The highest BCUT2D eigenvalue weighted by Crippen LogP contribution is 2.35. The predicted octanol–water partition coefficient (Wildman–Crippen LogP) is 3.37. The van der Waals surface area contributed by atoms with Gasteiger partial charge in [-0.1, -0.05) is 29.8 Å². The van der Waals surface area contributed by atoms with E-state index in [-0.39, 0.29) is 12.5 Å². The number of amides is 1. The molecule has 1 amide bonds. The van der Waals surface area contributed by atoms with E-state index < -0.39 is 0 Å². The Bertz CT molecular complexity index is 646. The van der Waals surface area contributed by atoms with Crippen molar-refractivity contribution < 1.29 is 19.0 Å². The monoisotopic (exact) mass is 321 g/mol. The second kappa shape index (κ2) is 7.56. The topological polar surface area (TPSA) is 56.8 Å². The van der Waals surface area contributed by atoms with Crippen LogP contribution in [0.15, 0.2) is 42.5 Å². The summed E-state index contributed by atoms with van der Waals surface area (Å²) in [6, 6.07) is 12.3. The van der Waals surface area contributed by atoms with Gasteiger partial charge in [0.1, 0.15) is 17.2 Å². The lowest BCUT2D eigenvalue weighted by molar-refractivity contribution is -0.118. The number of anilines is 1. The third-order valence-electron chi connectivity index (χ3n) is 2.86. The number of methoxy groups -OCH3 is 2. The molecule has 0 bridgehead atoms. The number of halogens is 1. The average molecular weight is 322 g/mol. The highest BCUT2D eigenvalue weighted by Gasteiger charge is 2.12. The lowest BCUT2D eigenvalue weighted by Gasteiger charge is -2.13. The van der Waals surface area contributed by atoms with Crippen LogP contribution in [0, 0.1) is 0 Å². The Morgan fingerprint density at radius 1 is 1.09 bits per heavy atom. The summed E-state index contributed by atoms with van der Waals surface area (Å²) in [6.45, 7) is -0.114. The molecule has 2 aromatic rings. The Kier molecular flexibility index (Phi) is 5.49. The van der Waals surface area contributed by atoms with E-state index in [1.165, 1.54) is 14.2 Å². The summed E-state index contributed by atoms with van der Waals surface area (Å²) in [7, 11) is 3.01. The Labute approximate surface area is 133 Å². The average Bonchev–Trinajstić information content (AvgIpc) is 2.54. The number of carbonyl (C=O) groups excluding carboxylic acids is 1. The Balaban J connectivity index is 2.03. The highest BCUT2D eigenvalue weighted by molar-refractivity contribution is 6.32. The molecule has 2 aromatic carbocycles. The molecule has 6 heteroatoms. The molecule has 22 heavy (non-hydrogen) atoms. The summed E-state index contributed by atoms with van der Waals surface area (Å²) in [5.41, 5.74) is 0.454. The maximum absolute atomic E-state index is 12.0. The third-order valence-corrected chi connectivity index (χ3v) is 3.16. The van der Waals surface area contributed by atoms with E-state index >= 15 is 0 Å². The highest BCUT2D eigenvalue weighted by atomic mass is 35.5. The van der Waals surface area contributed by atoms with Crippen LogP contribution >= 0.6 is 11.6 Å². The van der Waals surface area contributed by atoms with Gasteiger partial charge in [-0.3, -0.25) is 4.79 Å². The predicted molar refractivity (Wildman–Crippen MR) is 85.1 cm³/mol. The molecular weight excluding hydrogens is 306 g/mol. The first-order valence-electron chi connectivity index (χ1n) is 6.53. The number of hydrogen-bond donors (Lipinski definition) is 1. The van der Waals surface area contributed by atoms with Crippen molar-refractivity contribution in [1.82, 2.24) is 0 Å². The number of carbonyl (C=O) groups is 1. The van der Waals surface area contributed by atoms with Gasteiger partial charge in [0.05, 0.1) is 24.9 Å². The number of benzene rings is 2. The van der Waals surface area contributed by atoms with Gasteiger partial charge >= 0.3 is 0 Å². The van der Waals surface area contributed by atoms with Crippen LogP contribution in [0.25, 0.3) is 0 Å². The van der Waals surface area contributed by atoms with E-state index in [4.69, 9.17) is 25.8 Å². The zero-order chi connectivity index (χ0) is 15.9. The van der Waals surface area contributed by atoms with Gasteiger partial charge < -0.3 is 19.5 Å². The summed E-state index contributed by atoms with van der Waals surface area (Å²) >= 11 is 6.05. The normalized spacial score (nSPS) is 9.95.